The van der Waals surface area contributed by atoms with Gasteiger partial charge in [-0.15, -0.1) is 0 Å². The molecule has 0 radical (unpaired) electrons. The summed E-state index contributed by atoms with van der Waals surface area (Å²) in [5.74, 6) is -1.56. The van der Waals surface area contributed by atoms with Crippen LogP contribution in [0.4, 0.5) is 10.1 Å². The van der Waals surface area contributed by atoms with Crippen LogP contribution in [0.3, 0.4) is 0 Å². The number of nitrogens with two attached hydrogens (primary N) is 1. The molecule has 1 aromatic carbocycles. The Kier molecular flexibility index (Phi) is 3.76. The standard InChI is InChI=1S/C9H9FN2O4/c10-7-5-6(12(14)15)1-2-8(7)16-4-3-9(11)13/h1-2,5H,3-4H2,(H2,11,13). The third-order valence-electron chi connectivity index (χ3n) is 1.73. The van der Waals surface area contributed by atoms with Gasteiger partial charge in [0.1, 0.15) is 0 Å². The number of halogens is 1. The highest BCUT2D eigenvalue weighted by Crippen LogP contribution is 2.22. The summed E-state index contributed by atoms with van der Waals surface area (Å²) in [6, 6.07) is 3.00. The molecule has 0 aliphatic carbocycles. The molecule has 0 bridgehead atoms. The van der Waals surface area contributed by atoms with Crippen molar-refractivity contribution in [2.24, 2.45) is 5.73 Å². The Labute approximate surface area is 90.0 Å². The zero-order valence-electron chi connectivity index (χ0n) is 8.18. The highest BCUT2D eigenvalue weighted by Gasteiger charge is 2.11. The number of ether oxygens (including phenoxy) is 1. The minimum Gasteiger partial charge on any atom is -0.490 e. The summed E-state index contributed by atoms with van der Waals surface area (Å²) >= 11 is 0. The van der Waals surface area contributed by atoms with E-state index in [9.17, 15) is 19.3 Å². The van der Waals surface area contributed by atoms with Crippen LogP contribution in [-0.4, -0.2) is 17.4 Å². The molecule has 7 heteroatoms. The van der Waals surface area contributed by atoms with E-state index in [2.05, 4.69) is 0 Å². The minimum absolute atomic E-state index is 0.0452. The van der Waals surface area contributed by atoms with Crippen molar-refractivity contribution in [1.29, 1.82) is 0 Å². The molecule has 1 rings (SSSR count). The highest BCUT2D eigenvalue weighted by atomic mass is 19.1. The van der Waals surface area contributed by atoms with Gasteiger partial charge >= 0.3 is 0 Å². The van der Waals surface area contributed by atoms with Gasteiger partial charge in [-0.05, 0) is 6.07 Å². The van der Waals surface area contributed by atoms with E-state index in [1.165, 1.54) is 0 Å². The van der Waals surface area contributed by atoms with Crippen molar-refractivity contribution in [2.45, 2.75) is 6.42 Å². The number of rotatable bonds is 5. The van der Waals surface area contributed by atoms with Crippen LogP contribution in [0.1, 0.15) is 6.42 Å². The maximum Gasteiger partial charge on any atom is 0.272 e. The number of nitrogens with zero attached hydrogens (tertiary/aromatic N) is 1. The van der Waals surface area contributed by atoms with Crippen molar-refractivity contribution < 1.29 is 18.8 Å². The summed E-state index contributed by atoms with van der Waals surface area (Å²) in [6.45, 7) is -0.0654. The first-order valence-corrected chi connectivity index (χ1v) is 4.35. The first kappa shape index (κ1) is 11.9. The van der Waals surface area contributed by atoms with Crippen LogP contribution in [0.5, 0.6) is 5.75 Å². The van der Waals surface area contributed by atoms with Gasteiger partial charge in [0, 0.05) is 6.07 Å². The van der Waals surface area contributed by atoms with Gasteiger partial charge in [-0.2, -0.15) is 0 Å². The molecule has 0 heterocycles. The molecule has 1 amide bonds. The van der Waals surface area contributed by atoms with E-state index in [-0.39, 0.29) is 24.5 Å². The predicted molar refractivity (Wildman–Crippen MR) is 52.4 cm³/mol. The molecule has 6 nitrogen and oxygen atoms in total. The van der Waals surface area contributed by atoms with Gasteiger partial charge in [0.05, 0.1) is 24.0 Å². The largest absolute Gasteiger partial charge is 0.490 e. The summed E-state index contributed by atoms with van der Waals surface area (Å²) in [5.41, 5.74) is 4.50. The van der Waals surface area contributed by atoms with Gasteiger partial charge < -0.3 is 10.5 Å². The highest BCUT2D eigenvalue weighted by molar-refractivity contribution is 5.73. The number of hydrogen-bond acceptors (Lipinski definition) is 4. The number of non-ortho nitro benzene ring substituents is 1. The maximum absolute atomic E-state index is 13.2. The molecule has 0 saturated carbocycles. The Bertz CT molecular complexity index is 422. The number of nitro benzene ring substituents is 1. The van der Waals surface area contributed by atoms with Gasteiger partial charge in [0.15, 0.2) is 11.6 Å². The summed E-state index contributed by atoms with van der Waals surface area (Å²) < 4.78 is 18.1. The molecule has 0 unspecified atom stereocenters. The third kappa shape index (κ3) is 3.19. The molecule has 0 aromatic heterocycles. The van der Waals surface area contributed by atoms with Gasteiger partial charge in [-0.1, -0.05) is 0 Å². The molecule has 0 atom stereocenters. The van der Waals surface area contributed by atoms with Crippen LogP contribution < -0.4 is 10.5 Å². The van der Waals surface area contributed by atoms with E-state index in [0.29, 0.717) is 0 Å². The quantitative estimate of drug-likeness (QED) is 0.600. The van der Waals surface area contributed by atoms with E-state index >= 15 is 0 Å². The fraction of sp³-hybridized carbons (Fsp3) is 0.222. The normalized spacial score (nSPS) is 9.81. The Morgan fingerprint density at radius 1 is 1.56 bits per heavy atom. The average molecular weight is 228 g/mol. The number of benzene rings is 1. The summed E-state index contributed by atoms with van der Waals surface area (Å²) in [7, 11) is 0. The van der Waals surface area contributed by atoms with E-state index in [1.807, 2.05) is 0 Å². The second-order valence-electron chi connectivity index (χ2n) is 2.94. The SMILES string of the molecule is NC(=O)CCOc1ccc([N+](=O)[O-])cc1F. The fourth-order valence-electron chi connectivity index (χ4n) is 0.982. The van der Waals surface area contributed by atoms with Crippen molar-refractivity contribution in [3.05, 3.63) is 34.1 Å². The van der Waals surface area contributed by atoms with Crippen molar-refractivity contribution >= 4 is 11.6 Å². The molecule has 0 aliphatic heterocycles. The summed E-state index contributed by atoms with van der Waals surface area (Å²) in [4.78, 5) is 20.0. The van der Waals surface area contributed by atoms with Gasteiger partial charge in [0.25, 0.3) is 5.69 Å². The molecule has 1 aromatic rings. The number of nitro groups is 1. The number of amides is 1. The molecule has 16 heavy (non-hydrogen) atoms. The summed E-state index contributed by atoms with van der Waals surface area (Å²) in [5, 5.41) is 10.3. The van der Waals surface area contributed by atoms with Crippen molar-refractivity contribution in [3.8, 4) is 5.75 Å². The Morgan fingerprint density at radius 2 is 2.25 bits per heavy atom. The summed E-state index contributed by atoms with van der Waals surface area (Å²) in [6.07, 6.45) is -0.0452. The zero-order chi connectivity index (χ0) is 12.1. The first-order chi connectivity index (χ1) is 7.50. The lowest BCUT2D eigenvalue weighted by atomic mass is 10.3. The van der Waals surface area contributed by atoms with Crippen LogP contribution in [0, 0.1) is 15.9 Å². The second kappa shape index (κ2) is 5.06. The zero-order valence-corrected chi connectivity index (χ0v) is 8.18. The van der Waals surface area contributed by atoms with E-state index < -0.39 is 16.6 Å². The first-order valence-electron chi connectivity index (χ1n) is 4.35. The van der Waals surface area contributed by atoms with Crippen LogP contribution in [-0.2, 0) is 4.79 Å². The van der Waals surface area contributed by atoms with Gasteiger partial charge in [-0.3, -0.25) is 14.9 Å². The fourth-order valence-corrected chi connectivity index (χ4v) is 0.982. The Balaban J connectivity index is 2.68. The van der Waals surface area contributed by atoms with Crippen molar-refractivity contribution in [2.75, 3.05) is 6.61 Å². The maximum atomic E-state index is 13.2. The Morgan fingerprint density at radius 3 is 2.75 bits per heavy atom. The monoisotopic (exact) mass is 228 g/mol. The van der Waals surface area contributed by atoms with E-state index in [0.717, 1.165) is 18.2 Å². The molecule has 0 fully saturated rings. The molecule has 0 aliphatic rings. The van der Waals surface area contributed by atoms with E-state index in [1.54, 1.807) is 0 Å². The van der Waals surface area contributed by atoms with Crippen LogP contribution >= 0.6 is 0 Å². The van der Waals surface area contributed by atoms with Gasteiger partial charge in [-0.25, -0.2) is 4.39 Å². The molecule has 0 saturated heterocycles. The molecule has 2 N–H and O–H groups in total. The van der Waals surface area contributed by atoms with Crippen LogP contribution in [0.25, 0.3) is 0 Å². The minimum atomic E-state index is -0.848. The molecular weight excluding hydrogens is 219 g/mol. The van der Waals surface area contributed by atoms with E-state index in [4.69, 9.17) is 10.5 Å². The topological polar surface area (TPSA) is 95.5 Å². The molecule has 86 valence electrons. The lowest BCUT2D eigenvalue weighted by molar-refractivity contribution is -0.385. The third-order valence-corrected chi connectivity index (χ3v) is 1.73. The van der Waals surface area contributed by atoms with Crippen LogP contribution in [0.15, 0.2) is 18.2 Å². The lowest BCUT2D eigenvalue weighted by Gasteiger charge is -2.05. The number of hydrogen-bond donors (Lipinski definition) is 1. The predicted octanol–water partition coefficient (Wildman–Crippen LogP) is 0.988. The number of primary amides is 1. The Hall–Kier alpha value is -2.18. The van der Waals surface area contributed by atoms with Crippen molar-refractivity contribution in [1.82, 2.24) is 0 Å². The molecule has 0 spiro atoms. The van der Waals surface area contributed by atoms with Gasteiger partial charge in [0.2, 0.25) is 5.91 Å². The average Bonchev–Trinajstić information content (AvgIpc) is 2.19. The number of carbonyl (C=O) groups excluding carboxylic acids is 1. The molecular formula is C9H9FN2O4. The smallest absolute Gasteiger partial charge is 0.272 e. The second-order valence-corrected chi connectivity index (χ2v) is 2.94. The van der Waals surface area contributed by atoms with Crippen molar-refractivity contribution in [3.63, 3.8) is 0 Å². The lowest BCUT2D eigenvalue weighted by Crippen LogP contribution is -2.14. The number of carbonyl (C=O) groups is 1. The van der Waals surface area contributed by atoms with Crippen LogP contribution in [0.2, 0.25) is 0 Å².